The SMILES string of the molecule is CNC=O.COc1cc(F)c(C2CC(=O)N(c3nc(OCC4CCOC4)ccc3F)C2)c(F)c1.Cc1ccc(OC(F)F)cc1. The van der Waals surface area contributed by atoms with Gasteiger partial charge in [-0.25, -0.2) is 13.2 Å². The van der Waals surface area contributed by atoms with E-state index in [9.17, 15) is 26.7 Å². The quantitative estimate of drug-likeness (QED) is 0.247. The Morgan fingerprint density at radius 3 is 2.29 bits per heavy atom. The zero-order valence-electron chi connectivity index (χ0n) is 24.9. The second-order valence-corrected chi connectivity index (χ2v) is 10.0. The Labute approximate surface area is 257 Å². The van der Waals surface area contributed by atoms with Gasteiger partial charge in [0.1, 0.15) is 23.1 Å². The highest BCUT2D eigenvalue weighted by Crippen LogP contribution is 2.36. The molecular formula is C31H34F5N3O6. The highest BCUT2D eigenvalue weighted by molar-refractivity contribution is 5.95. The Morgan fingerprint density at radius 2 is 1.73 bits per heavy atom. The van der Waals surface area contributed by atoms with E-state index in [1.807, 2.05) is 6.92 Å². The number of carbonyl (C=O) groups is 2. The Bertz CT molecular complexity index is 1380. The van der Waals surface area contributed by atoms with Gasteiger partial charge in [0.15, 0.2) is 11.6 Å². The second-order valence-electron chi connectivity index (χ2n) is 10.0. The van der Waals surface area contributed by atoms with Crippen LogP contribution in [-0.2, 0) is 14.3 Å². The third-order valence-electron chi connectivity index (χ3n) is 6.73. The van der Waals surface area contributed by atoms with Crippen molar-refractivity contribution in [2.75, 3.05) is 45.4 Å². The maximum atomic E-state index is 14.4. The second kappa shape index (κ2) is 17.1. The number of nitrogens with zero attached hydrogens (tertiary/aromatic N) is 2. The topological polar surface area (TPSA) is 99.2 Å². The van der Waals surface area contributed by atoms with Gasteiger partial charge in [0, 0.05) is 62.2 Å². The summed E-state index contributed by atoms with van der Waals surface area (Å²) in [7, 11) is 2.87. The molecule has 3 heterocycles. The van der Waals surface area contributed by atoms with Crippen LogP contribution in [0.15, 0.2) is 48.5 Å². The third-order valence-corrected chi connectivity index (χ3v) is 6.73. The molecule has 2 aliphatic heterocycles. The van der Waals surface area contributed by atoms with Crippen molar-refractivity contribution in [1.29, 1.82) is 0 Å². The molecule has 5 rings (SSSR count). The van der Waals surface area contributed by atoms with Crippen LogP contribution >= 0.6 is 0 Å². The number of anilines is 1. The molecule has 45 heavy (non-hydrogen) atoms. The predicted octanol–water partition coefficient (Wildman–Crippen LogP) is 5.40. The van der Waals surface area contributed by atoms with E-state index in [-0.39, 0.29) is 47.6 Å². The zero-order chi connectivity index (χ0) is 32.9. The number of amides is 2. The molecule has 2 saturated heterocycles. The monoisotopic (exact) mass is 639 g/mol. The van der Waals surface area contributed by atoms with Gasteiger partial charge in [-0.2, -0.15) is 13.8 Å². The maximum absolute atomic E-state index is 14.4. The minimum atomic E-state index is -2.74. The van der Waals surface area contributed by atoms with Crippen LogP contribution in [-0.4, -0.2) is 64.4 Å². The van der Waals surface area contributed by atoms with Gasteiger partial charge in [-0.05, 0) is 31.5 Å². The number of benzene rings is 2. The van der Waals surface area contributed by atoms with Gasteiger partial charge in [-0.3, -0.25) is 14.5 Å². The Balaban J connectivity index is 0.000000305. The van der Waals surface area contributed by atoms with Crippen molar-refractivity contribution in [3.8, 4) is 17.4 Å². The molecule has 1 aromatic heterocycles. The Hall–Kier alpha value is -4.46. The summed E-state index contributed by atoms with van der Waals surface area (Å²) in [6.07, 6.45) is 1.34. The van der Waals surface area contributed by atoms with E-state index < -0.39 is 35.9 Å². The van der Waals surface area contributed by atoms with Crippen LogP contribution in [0.25, 0.3) is 0 Å². The van der Waals surface area contributed by atoms with E-state index in [4.69, 9.17) is 19.0 Å². The third kappa shape index (κ3) is 10.3. The van der Waals surface area contributed by atoms with Crippen LogP contribution in [0.5, 0.6) is 17.4 Å². The van der Waals surface area contributed by atoms with E-state index in [2.05, 4.69) is 15.0 Å². The molecule has 2 amide bonds. The summed E-state index contributed by atoms with van der Waals surface area (Å²) in [6, 6.07) is 11.1. The molecule has 2 fully saturated rings. The van der Waals surface area contributed by atoms with Crippen molar-refractivity contribution >= 4 is 18.1 Å². The van der Waals surface area contributed by atoms with Crippen molar-refractivity contribution in [2.24, 2.45) is 5.92 Å². The van der Waals surface area contributed by atoms with E-state index in [1.54, 1.807) is 19.2 Å². The lowest BCUT2D eigenvalue weighted by molar-refractivity contribution is -0.117. The highest BCUT2D eigenvalue weighted by Gasteiger charge is 2.37. The molecule has 1 N–H and O–H groups in total. The van der Waals surface area contributed by atoms with Crippen molar-refractivity contribution < 1.29 is 50.5 Å². The van der Waals surface area contributed by atoms with Crippen molar-refractivity contribution in [1.82, 2.24) is 10.3 Å². The Kier molecular flexibility index (Phi) is 13.3. The molecule has 0 spiro atoms. The summed E-state index contributed by atoms with van der Waals surface area (Å²) in [5.74, 6) is -3.13. The lowest BCUT2D eigenvalue weighted by Crippen LogP contribution is -2.27. The molecule has 2 atom stereocenters. The van der Waals surface area contributed by atoms with Crippen molar-refractivity contribution in [2.45, 2.75) is 32.3 Å². The normalized spacial score (nSPS) is 17.2. The first kappa shape index (κ1) is 35.0. The summed E-state index contributed by atoms with van der Waals surface area (Å²) >= 11 is 0. The molecule has 0 bridgehead atoms. The number of pyridine rings is 1. The molecule has 2 aliphatic rings. The van der Waals surface area contributed by atoms with Gasteiger partial charge >= 0.3 is 6.61 Å². The summed E-state index contributed by atoms with van der Waals surface area (Å²) in [5, 5.41) is 2.25. The first-order valence-electron chi connectivity index (χ1n) is 13.9. The number of alkyl halides is 2. The summed E-state index contributed by atoms with van der Waals surface area (Å²) in [5.41, 5.74) is 0.798. The van der Waals surface area contributed by atoms with Gasteiger partial charge < -0.3 is 24.3 Å². The fraction of sp³-hybridized carbons (Fsp3) is 0.387. The lowest BCUT2D eigenvalue weighted by atomic mass is 9.97. The first-order valence-corrected chi connectivity index (χ1v) is 13.9. The molecule has 244 valence electrons. The number of aromatic nitrogens is 1. The summed E-state index contributed by atoms with van der Waals surface area (Å²) < 4.78 is 86.4. The molecular weight excluding hydrogens is 605 g/mol. The van der Waals surface area contributed by atoms with Gasteiger partial charge in [-0.1, -0.05) is 17.7 Å². The maximum Gasteiger partial charge on any atom is 0.387 e. The highest BCUT2D eigenvalue weighted by atomic mass is 19.3. The fourth-order valence-electron chi connectivity index (χ4n) is 4.50. The Morgan fingerprint density at radius 1 is 1.07 bits per heavy atom. The molecule has 2 unspecified atom stereocenters. The van der Waals surface area contributed by atoms with E-state index in [1.165, 1.54) is 25.3 Å². The largest absolute Gasteiger partial charge is 0.497 e. The lowest BCUT2D eigenvalue weighted by Gasteiger charge is -2.18. The molecule has 9 nitrogen and oxygen atoms in total. The minimum Gasteiger partial charge on any atom is -0.497 e. The number of rotatable bonds is 9. The van der Waals surface area contributed by atoms with Crippen LogP contribution in [0.1, 0.15) is 29.9 Å². The molecule has 14 heteroatoms. The molecule has 3 aromatic rings. The van der Waals surface area contributed by atoms with Gasteiger partial charge in [0.05, 0.1) is 20.3 Å². The van der Waals surface area contributed by atoms with Crippen LogP contribution in [0, 0.1) is 30.3 Å². The van der Waals surface area contributed by atoms with Gasteiger partial charge in [0.2, 0.25) is 18.2 Å². The van der Waals surface area contributed by atoms with Gasteiger partial charge in [0.25, 0.3) is 0 Å². The van der Waals surface area contributed by atoms with Crippen LogP contribution < -0.4 is 24.4 Å². The number of halogens is 5. The molecule has 0 saturated carbocycles. The number of aryl methyl sites for hydroxylation is 1. The number of hydrogen-bond donors (Lipinski definition) is 1. The average molecular weight is 640 g/mol. The van der Waals surface area contributed by atoms with Gasteiger partial charge in [-0.15, -0.1) is 0 Å². The van der Waals surface area contributed by atoms with Crippen LogP contribution in [0.4, 0.5) is 27.8 Å². The first-order chi connectivity index (χ1) is 21.6. The number of carbonyl (C=O) groups excluding carboxylic acids is 2. The minimum absolute atomic E-state index is 0.0418. The standard InChI is InChI=1S/C21H21F3N2O4.C8H8F2O.C2H5NO/c1-28-14-7-16(23)20(17(24)8-14)13-6-19(27)26(9-13)21-15(22)2-3-18(25-21)30-11-12-4-5-29-10-12;1-6-2-4-7(5-3-6)11-8(9)10;1-3-2-4/h2-3,7-8,12-13H,4-6,9-11H2,1H3;2-5,8H,1H3;2H,1H3,(H,3,4). The zero-order valence-corrected chi connectivity index (χ0v) is 24.9. The molecule has 0 aliphatic carbocycles. The summed E-state index contributed by atoms with van der Waals surface area (Å²) in [4.78, 5) is 26.8. The van der Waals surface area contributed by atoms with Crippen molar-refractivity contribution in [3.63, 3.8) is 0 Å². The van der Waals surface area contributed by atoms with Crippen LogP contribution in [0.3, 0.4) is 0 Å². The van der Waals surface area contributed by atoms with E-state index in [0.29, 0.717) is 26.2 Å². The average Bonchev–Trinajstić information content (AvgIpc) is 3.67. The van der Waals surface area contributed by atoms with Crippen LogP contribution in [0.2, 0.25) is 0 Å². The van der Waals surface area contributed by atoms with Crippen molar-refractivity contribution in [3.05, 3.63) is 77.1 Å². The number of nitrogens with one attached hydrogen (secondary N) is 1. The number of ether oxygens (including phenoxy) is 4. The molecule has 2 aromatic carbocycles. The number of methoxy groups -OCH3 is 1. The summed E-state index contributed by atoms with van der Waals surface area (Å²) in [6.45, 7) is 0.696. The van der Waals surface area contributed by atoms with E-state index >= 15 is 0 Å². The smallest absolute Gasteiger partial charge is 0.387 e. The van der Waals surface area contributed by atoms with E-state index in [0.717, 1.165) is 35.1 Å². The molecule has 0 radical (unpaired) electrons. The fourth-order valence-corrected chi connectivity index (χ4v) is 4.50. The predicted molar refractivity (Wildman–Crippen MR) is 154 cm³/mol. The number of hydrogen-bond acceptors (Lipinski definition) is 7.